The molecule has 0 aliphatic rings. The van der Waals surface area contributed by atoms with E-state index in [2.05, 4.69) is 56.6 Å². The van der Waals surface area contributed by atoms with Crippen molar-refractivity contribution in [2.24, 2.45) is 5.92 Å². The van der Waals surface area contributed by atoms with E-state index in [-0.39, 0.29) is 0 Å². The van der Waals surface area contributed by atoms with E-state index >= 15 is 0 Å². The fourth-order valence-electron chi connectivity index (χ4n) is 2.10. The van der Waals surface area contributed by atoms with Crippen LogP contribution in [0.3, 0.4) is 0 Å². The third kappa shape index (κ3) is 3.56. The molecule has 0 aromatic carbocycles. The van der Waals surface area contributed by atoms with Gasteiger partial charge in [-0.25, -0.2) is 0 Å². The summed E-state index contributed by atoms with van der Waals surface area (Å²) in [7, 11) is 0. The zero-order valence-electron chi connectivity index (χ0n) is 12.2. The van der Waals surface area contributed by atoms with E-state index in [0.29, 0.717) is 12.0 Å². The quantitative estimate of drug-likeness (QED) is 0.824. The first-order valence-corrected chi connectivity index (χ1v) is 6.73. The molecule has 0 fully saturated rings. The zero-order valence-corrected chi connectivity index (χ0v) is 12.2. The molecule has 0 bridgehead atoms. The molecule has 0 saturated carbocycles. The van der Waals surface area contributed by atoms with E-state index in [1.807, 2.05) is 0 Å². The van der Waals surface area contributed by atoms with Gasteiger partial charge in [-0.2, -0.15) is 5.10 Å². The van der Waals surface area contributed by atoms with Gasteiger partial charge >= 0.3 is 0 Å². The van der Waals surface area contributed by atoms with Gasteiger partial charge in [0, 0.05) is 18.3 Å². The molecule has 0 aliphatic heterocycles. The van der Waals surface area contributed by atoms with Gasteiger partial charge in [-0.15, -0.1) is 0 Å². The number of rotatable bonds is 6. The van der Waals surface area contributed by atoms with Gasteiger partial charge in [0.25, 0.3) is 0 Å². The van der Waals surface area contributed by atoms with Gasteiger partial charge in [-0.3, -0.25) is 4.68 Å². The lowest BCUT2D eigenvalue weighted by Crippen LogP contribution is -2.33. The Morgan fingerprint density at radius 3 is 2.35 bits per heavy atom. The summed E-state index contributed by atoms with van der Waals surface area (Å²) in [5.41, 5.74) is 3.91. The van der Waals surface area contributed by atoms with Crippen molar-refractivity contribution in [1.82, 2.24) is 15.1 Å². The smallest absolute Gasteiger partial charge is 0.0628 e. The SMILES string of the molecule is CCc1c(C)nn(CCNC(C)C(C)C)c1C. The Morgan fingerprint density at radius 2 is 1.88 bits per heavy atom. The minimum atomic E-state index is 0.567. The predicted octanol–water partition coefficient (Wildman–Crippen LogP) is 2.70. The molecule has 0 saturated heterocycles. The standard InChI is InChI=1S/C14H27N3/c1-7-14-12(5)16-17(13(14)6)9-8-15-11(4)10(2)3/h10-11,15H,7-9H2,1-6H3. The van der Waals surface area contributed by atoms with Crippen molar-refractivity contribution in [2.75, 3.05) is 6.54 Å². The number of hydrogen-bond donors (Lipinski definition) is 1. The maximum absolute atomic E-state index is 4.60. The lowest BCUT2D eigenvalue weighted by molar-refractivity contribution is 0.408. The number of aryl methyl sites for hydroxylation is 1. The summed E-state index contributed by atoms with van der Waals surface area (Å²) in [6.45, 7) is 15.2. The first-order valence-electron chi connectivity index (χ1n) is 6.73. The van der Waals surface area contributed by atoms with Crippen LogP contribution in [0.15, 0.2) is 0 Å². The van der Waals surface area contributed by atoms with Crippen LogP contribution >= 0.6 is 0 Å². The minimum Gasteiger partial charge on any atom is -0.312 e. The van der Waals surface area contributed by atoms with Crippen LogP contribution < -0.4 is 5.32 Å². The molecule has 1 aromatic rings. The second-order valence-corrected chi connectivity index (χ2v) is 5.21. The first kappa shape index (κ1) is 14.2. The molecule has 1 heterocycles. The lowest BCUT2D eigenvalue weighted by Gasteiger charge is -2.17. The molecule has 17 heavy (non-hydrogen) atoms. The average molecular weight is 237 g/mol. The van der Waals surface area contributed by atoms with Crippen LogP contribution in [0, 0.1) is 19.8 Å². The van der Waals surface area contributed by atoms with E-state index in [1.165, 1.54) is 17.0 Å². The summed E-state index contributed by atoms with van der Waals surface area (Å²) < 4.78 is 2.13. The monoisotopic (exact) mass is 237 g/mol. The summed E-state index contributed by atoms with van der Waals surface area (Å²) in [6.07, 6.45) is 1.08. The van der Waals surface area contributed by atoms with Crippen LogP contribution in [0.5, 0.6) is 0 Å². The third-order valence-electron chi connectivity index (χ3n) is 3.67. The van der Waals surface area contributed by atoms with E-state index in [0.717, 1.165) is 19.5 Å². The Labute approximate surface area is 106 Å². The van der Waals surface area contributed by atoms with Crippen LogP contribution in [-0.4, -0.2) is 22.4 Å². The van der Waals surface area contributed by atoms with Gasteiger partial charge in [0.15, 0.2) is 0 Å². The number of hydrogen-bond acceptors (Lipinski definition) is 2. The summed E-state index contributed by atoms with van der Waals surface area (Å²) in [5, 5.41) is 8.14. The predicted molar refractivity (Wildman–Crippen MR) is 73.4 cm³/mol. The normalized spacial score (nSPS) is 13.4. The summed E-state index contributed by atoms with van der Waals surface area (Å²) in [6, 6.07) is 0.567. The maximum atomic E-state index is 4.60. The number of nitrogens with zero attached hydrogens (tertiary/aromatic N) is 2. The van der Waals surface area contributed by atoms with Crippen LogP contribution in [0.1, 0.15) is 44.6 Å². The molecule has 1 N–H and O–H groups in total. The topological polar surface area (TPSA) is 29.9 Å². The van der Waals surface area contributed by atoms with Gasteiger partial charge in [-0.05, 0) is 38.7 Å². The Hall–Kier alpha value is -0.830. The van der Waals surface area contributed by atoms with E-state index in [9.17, 15) is 0 Å². The molecule has 1 unspecified atom stereocenters. The molecule has 98 valence electrons. The molecular formula is C14H27N3. The highest BCUT2D eigenvalue weighted by Gasteiger charge is 2.10. The van der Waals surface area contributed by atoms with E-state index in [1.54, 1.807) is 0 Å². The van der Waals surface area contributed by atoms with Crippen molar-refractivity contribution in [3.8, 4) is 0 Å². The highest BCUT2D eigenvalue weighted by molar-refractivity contribution is 5.24. The second kappa shape index (κ2) is 6.20. The van der Waals surface area contributed by atoms with Crippen molar-refractivity contribution in [3.63, 3.8) is 0 Å². The summed E-state index contributed by atoms with van der Waals surface area (Å²) >= 11 is 0. The van der Waals surface area contributed by atoms with Crippen LogP contribution in [-0.2, 0) is 13.0 Å². The largest absolute Gasteiger partial charge is 0.312 e. The van der Waals surface area contributed by atoms with Crippen molar-refractivity contribution in [2.45, 2.75) is 60.5 Å². The lowest BCUT2D eigenvalue weighted by atomic mass is 10.1. The Balaban J connectivity index is 2.53. The highest BCUT2D eigenvalue weighted by Crippen LogP contribution is 2.13. The molecule has 0 radical (unpaired) electrons. The molecule has 1 rings (SSSR count). The van der Waals surface area contributed by atoms with Crippen LogP contribution in [0.2, 0.25) is 0 Å². The van der Waals surface area contributed by atoms with Crippen LogP contribution in [0.4, 0.5) is 0 Å². The van der Waals surface area contributed by atoms with Crippen molar-refractivity contribution >= 4 is 0 Å². The van der Waals surface area contributed by atoms with Gasteiger partial charge in [0.05, 0.1) is 12.2 Å². The van der Waals surface area contributed by atoms with Crippen molar-refractivity contribution < 1.29 is 0 Å². The molecule has 0 amide bonds. The molecule has 1 atom stereocenters. The summed E-state index contributed by atoms with van der Waals surface area (Å²) in [5.74, 6) is 0.682. The van der Waals surface area contributed by atoms with Gasteiger partial charge in [-0.1, -0.05) is 20.8 Å². The Morgan fingerprint density at radius 1 is 1.24 bits per heavy atom. The van der Waals surface area contributed by atoms with E-state index in [4.69, 9.17) is 0 Å². The minimum absolute atomic E-state index is 0.567. The maximum Gasteiger partial charge on any atom is 0.0628 e. The average Bonchev–Trinajstić information content (AvgIpc) is 2.53. The van der Waals surface area contributed by atoms with Crippen molar-refractivity contribution in [3.05, 3.63) is 17.0 Å². The molecular weight excluding hydrogens is 210 g/mol. The van der Waals surface area contributed by atoms with Crippen molar-refractivity contribution in [1.29, 1.82) is 0 Å². The fraction of sp³-hybridized carbons (Fsp3) is 0.786. The third-order valence-corrected chi connectivity index (χ3v) is 3.67. The first-order chi connectivity index (χ1) is 7.97. The molecule has 3 nitrogen and oxygen atoms in total. The molecule has 3 heteroatoms. The molecule has 1 aromatic heterocycles. The number of aromatic nitrogens is 2. The van der Waals surface area contributed by atoms with E-state index < -0.39 is 0 Å². The second-order valence-electron chi connectivity index (χ2n) is 5.21. The van der Waals surface area contributed by atoms with Gasteiger partial charge in [0.2, 0.25) is 0 Å². The zero-order chi connectivity index (χ0) is 13.0. The Bertz CT molecular complexity index is 353. The fourth-order valence-corrected chi connectivity index (χ4v) is 2.10. The molecule has 0 spiro atoms. The summed E-state index contributed by atoms with van der Waals surface area (Å²) in [4.78, 5) is 0. The highest BCUT2D eigenvalue weighted by atomic mass is 15.3. The molecule has 0 aliphatic carbocycles. The van der Waals surface area contributed by atoms with Crippen LogP contribution in [0.25, 0.3) is 0 Å². The van der Waals surface area contributed by atoms with Gasteiger partial charge < -0.3 is 5.32 Å². The number of nitrogens with one attached hydrogen (secondary N) is 1. The van der Waals surface area contributed by atoms with Gasteiger partial charge in [0.1, 0.15) is 0 Å². The Kier molecular flexibility index (Phi) is 5.19.